The number of carbonyl (C=O) groups is 1. The van der Waals surface area contributed by atoms with Crippen molar-refractivity contribution < 1.29 is 19.6 Å². The van der Waals surface area contributed by atoms with Crippen LogP contribution in [0.2, 0.25) is 0 Å². The van der Waals surface area contributed by atoms with Gasteiger partial charge in [0.15, 0.2) is 5.69 Å². The molecule has 0 aliphatic carbocycles. The normalized spacial score (nSPS) is 9.56. The summed E-state index contributed by atoms with van der Waals surface area (Å²) in [4.78, 5) is 21.0. The number of benzene rings is 1. The average molecular weight is 226 g/mol. The molecule has 2 N–H and O–H groups in total. The second kappa shape index (κ2) is 4.96. The van der Waals surface area contributed by atoms with Crippen molar-refractivity contribution in [1.29, 1.82) is 0 Å². The van der Waals surface area contributed by atoms with Crippen molar-refractivity contribution in [2.45, 2.75) is 6.92 Å². The maximum absolute atomic E-state index is 11.1. The number of phenolic OH excluding ortho intramolecular Hbond substituents is 1. The minimum atomic E-state index is -0.855. The molecule has 86 valence electrons. The van der Waals surface area contributed by atoms with E-state index in [1.807, 2.05) is 0 Å². The van der Waals surface area contributed by atoms with Gasteiger partial charge in [0.1, 0.15) is 5.75 Å². The summed E-state index contributed by atoms with van der Waals surface area (Å²) in [6.07, 6.45) is -0.855. The van der Waals surface area contributed by atoms with E-state index < -0.39 is 16.7 Å². The number of nitrogens with one attached hydrogen (secondary N) is 1. The van der Waals surface area contributed by atoms with E-state index in [0.29, 0.717) is 0 Å². The van der Waals surface area contributed by atoms with E-state index in [-0.39, 0.29) is 18.0 Å². The van der Waals surface area contributed by atoms with Crippen LogP contribution in [-0.2, 0) is 4.74 Å². The van der Waals surface area contributed by atoms with E-state index in [4.69, 9.17) is 0 Å². The molecule has 0 radical (unpaired) electrons. The molecule has 0 saturated heterocycles. The van der Waals surface area contributed by atoms with Crippen molar-refractivity contribution in [3.05, 3.63) is 28.3 Å². The van der Waals surface area contributed by atoms with E-state index >= 15 is 0 Å². The molecular weight excluding hydrogens is 216 g/mol. The van der Waals surface area contributed by atoms with E-state index in [0.717, 1.165) is 0 Å². The molecule has 0 unspecified atom stereocenters. The largest absolute Gasteiger partial charge is 0.505 e. The maximum atomic E-state index is 11.1. The molecule has 0 aliphatic rings. The lowest BCUT2D eigenvalue weighted by Gasteiger charge is -2.07. The SMILES string of the molecule is CCOC(=O)Nc1c(O)cccc1[N+](=O)[O-]. The van der Waals surface area contributed by atoms with Gasteiger partial charge in [-0.25, -0.2) is 4.79 Å². The Morgan fingerprint density at radius 1 is 1.62 bits per heavy atom. The van der Waals surface area contributed by atoms with Gasteiger partial charge in [-0.15, -0.1) is 0 Å². The first-order chi connectivity index (χ1) is 7.56. The number of para-hydroxylation sites is 1. The second-order valence-electron chi connectivity index (χ2n) is 2.77. The number of nitro groups is 1. The van der Waals surface area contributed by atoms with Crippen LogP contribution in [-0.4, -0.2) is 22.7 Å². The number of aromatic hydroxyl groups is 1. The van der Waals surface area contributed by atoms with Crippen molar-refractivity contribution in [1.82, 2.24) is 0 Å². The zero-order chi connectivity index (χ0) is 12.1. The third-order valence-electron chi connectivity index (χ3n) is 1.72. The molecule has 0 fully saturated rings. The second-order valence-corrected chi connectivity index (χ2v) is 2.77. The molecule has 0 atom stereocenters. The molecule has 0 heterocycles. The quantitative estimate of drug-likeness (QED) is 0.465. The van der Waals surface area contributed by atoms with Crippen LogP contribution in [0, 0.1) is 10.1 Å². The highest BCUT2D eigenvalue weighted by atomic mass is 16.6. The fourth-order valence-electron chi connectivity index (χ4n) is 1.08. The summed E-state index contributed by atoms with van der Waals surface area (Å²) >= 11 is 0. The van der Waals surface area contributed by atoms with Gasteiger partial charge in [0.2, 0.25) is 0 Å². The van der Waals surface area contributed by atoms with Gasteiger partial charge in [0, 0.05) is 6.07 Å². The van der Waals surface area contributed by atoms with Crippen molar-refractivity contribution in [3.8, 4) is 5.75 Å². The third kappa shape index (κ3) is 2.59. The van der Waals surface area contributed by atoms with Gasteiger partial charge in [-0.2, -0.15) is 0 Å². The topological polar surface area (TPSA) is 102 Å². The fraction of sp³-hybridized carbons (Fsp3) is 0.222. The lowest BCUT2D eigenvalue weighted by atomic mass is 10.2. The number of rotatable bonds is 3. The Morgan fingerprint density at radius 2 is 2.31 bits per heavy atom. The predicted molar refractivity (Wildman–Crippen MR) is 55.4 cm³/mol. The summed E-state index contributed by atoms with van der Waals surface area (Å²) < 4.78 is 4.55. The molecule has 1 amide bonds. The molecule has 0 bridgehead atoms. The van der Waals surface area contributed by atoms with Crippen LogP contribution < -0.4 is 5.32 Å². The Labute approximate surface area is 90.8 Å². The van der Waals surface area contributed by atoms with Gasteiger partial charge >= 0.3 is 6.09 Å². The Morgan fingerprint density at radius 3 is 2.88 bits per heavy atom. The van der Waals surface area contributed by atoms with Crippen LogP contribution in [0.15, 0.2) is 18.2 Å². The zero-order valence-corrected chi connectivity index (χ0v) is 8.47. The van der Waals surface area contributed by atoms with Gasteiger partial charge in [-0.05, 0) is 13.0 Å². The lowest BCUT2D eigenvalue weighted by molar-refractivity contribution is -0.384. The van der Waals surface area contributed by atoms with E-state index in [1.165, 1.54) is 18.2 Å². The van der Waals surface area contributed by atoms with Gasteiger partial charge in [-0.3, -0.25) is 15.4 Å². The number of nitrogens with zero attached hydrogens (tertiary/aromatic N) is 1. The van der Waals surface area contributed by atoms with Crippen LogP contribution in [0.5, 0.6) is 5.75 Å². The molecular formula is C9H10N2O5. The van der Waals surface area contributed by atoms with E-state index in [1.54, 1.807) is 6.92 Å². The maximum Gasteiger partial charge on any atom is 0.411 e. The first-order valence-corrected chi connectivity index (χ1v) is 4.46. The zero-order valence-electron chi connectivity index (χ0n) is 8.47. The standard InChI is InChI=1S/C9H10N2O5/c1-2-16-9(13)10-8-6(11(14)15)4-3-5-7(8)12/h3-5,12H,2H2,1H3,(H,10,13). The molecule has 0 aliphatic heterocycles. The number of hydrogen-bond acceptors (Lipinski definition) is 5. The molecule has 1 rings (SSSR count). The highest BCUT2D eigenvalue weighted by molar-refractivity contribution is 5.90. The van der Waals surface area contributed by atoms with Crippen molar-refractivity contribution in [3.63, 3.8) is 0 Å². The summed E-state index contributed by atoms with van der Waals surface area (Å²) in [6, 6.07) is 3.71. The Balaban J connectivity index is 3.01. The smallest absolute Gasteiger partial charge is 0.411 e. The molecule has 16 heavy (non-hydrogen) atoms. The Bertz CT molecular complexity index is 418. The molecule has 0 aromatic heterocycles. The van der Waals surface area contributed by atoms with Crippen molar-refractivity contribution in [2.24, 2.45) is 0 Å². The van der Waals surface area contributed by atoms with Crippen molar-refractivity contribution in [2.75, 3.05) is 11.9 Å². The summed E-state index contributed by atoms with van der Waals surface area (Å²) in [7, 11) is 0. The van der Waals surface area contributed by atoms with Gasteiger partial charge in [0.25, 0.3) is 5.69 Å². The van der Waals surface area contributed by atoms with Crippen LogP contribution in [0.1, 0.15) is 6.92 Å². The first-order valence-electron chi connectivity index (χ1n) is 4.46. The number of anilines is 1. The Hall–Kier alpha value is -2.31. The van der Waals surface area contributed by atoms with Crippen LogP contribution in [0.3, 0.4) is 0 Å². The van der Waals surface area contributed by atoms with Gasteiger partial charge < -0.3 is 9.84 Å². The monoisotopic (exact) mass is 226 g/mol. The van der Waals surface area contributed by atoms with Crippen LogP contribution in [0.25, 0.3) is 0 Å². The third-order valence-corrected chi connectivity index (χ3v) is 1.72. The highest BCUT2D eigenvalue weighted by Gasteiger charge is 2.19. The molecule has 1 aromatic carbocycles. The summed E-state index contributed by atoms with van der Waals surface area (Å²) in [5.41, 5.74) is -0.668. The Kier molecular flexibility index (Phi) is 3.65. The number of phenols is 1. The number of ether oxygens (including phenoxy) is 1. The van der Waals surface area contributed by atoms with Crippen LogP contribution in [0.4, 0.5) is 16.2 Å². The summed E-state index contributed by atoms with van der Waals surface area (Å²) in [5, 5.41) is 22.1. The fourth-order valence-corrected chi connectivity index (χ4v) is 1.08. The van der Waals surface area contributed by atoms with Crippen LogP contribution >= 0.6 is 0 Å². The van der Waals surface area contributed by atoms with Crippen molar-refractivity contribution >= 4 is 17.5 Å². The summed E-state index contributed by atoms with van der Waals surface area (Å²) in [6.45, 7) is 1.73. The average Bonchev–Trinajstić information content (AvgIpc) is 2.21. The number of hydrogen-bond donors (Lipinski definition) is 2. The lowest BCUT2D eigenvalue weighted by Crippen LogP contribution is -2.14. The number of nitro benzene ring substituents is 1. The molecule has 0 saturated carbocycles. The van der Waals surface area contributed by atoms with Gasteiger partial charge in [-0.1, -0.05) is 6.07 Å². The molecule has 1 aromatic rings. The number of carbonyl (C=O) groups excluding carboxylic acids is 1. The van der Waals surface area contributed by atoms with Gasteiger partial charge in [0.05, 0.1) is 11.5 Å². The minimum Gasteiger partial charge on any atom is -0.505 e. The van der Waals surface area contributed by atoms with E-state index in [2.05, 4.69) is 10.1 Å². The molecule has 7 heteroatoms. The molecule has 7 nitrogen and oxygen atoms in total. The minimum absolute atomic E-state index is 0.132. The highest BCUT2D eigenvalue weighted by Crippen LogP contribution is 2.32. The first kappa shape index (κ1) is 11.8. The summed E-state index contributed by atoms with van der Waals surface area (Å²) in [5.74, 6) is -0.387. The van der Waals surface area contributed by atoms with E-state index in [9.17, 15) is 20.0 Å². The number of amides is 1. The predicted octanol–water partition coefficient (Wildman–Crippen LogP) is 1.87. The molecule has 0 spiro atoms.